The Hall–Kier alpha value is -2.92. The van der Waals surface area contributed by atoms with E-state index in [2.05, 4.69) is 10.3 Å². The number of ether oxygens (including phenoxy) is 1. The van der Waals surface area contributed by atoms with Crippen molar-refractivity contribution in [1.82, 2.24) is 4.57 Å². The average molecular weight is 497 g/mol. The third-order valence-corrected chi connectivity index (χ3v) is 5.77. The molecular weight excluding hydrogens is 466 g/mol. The molecule has 0 aliphatic carbocycles. The molecule has 0 bridgehead atoms. The number of nitrogens with one attached hydrogen (secondary N) is 1. The van der Waals surface area contributed by atoms with Crippen molar-refractivity contribution in [3.8, 4) is 0 Å². The van der Waals surface area contributed by atoms with Gasteiger partial charge in [0.05, 0.1) is 0 Å². The van der Waals surface area contributed by atoms with Gasteiger partial charge < -0.3 is 15.8 Å². The van der Waals surface area contributed by atoms with Gasteiger partial charge in [-0.1, -0.05) is 41.0 Å². The van der Waals surface area contributed by atoms with E-state index in [1.807, 2.05) is 34.6 Å². The van der Waals surface area contributed by atoms with E-state index < -0.39 is 41.1 Å². The summed E-state index contributed by atoms with van der Waals surface area (Å²) in [6.07, 6.45) is 2.32. The van der Waals surface area contributed by atoms with Crippen LogP contribution >= 0.6 is 11.3 Å². The number of aromatic nitrogens is 1. The molecule has 34 heavy (non-hydrogen) atoms. The number of anilines is 1. The van der Waals surface area contributed by atoms with Crippen LogP contribution in [0.5, 0.6) is 0 Å². The number of benzene rings is 1. The second-order valence-electron chi connectivity index (χ2n) is 9.18. The van der Waals surface area contributed by atoms with Crippen LogP contribution in [0.15, 0.2) is 28.7 Å². The summed E-state index contributed by atoms with van der Waals surface area (Å²) >= 11 is 1.08. The summed E-state index contributed by atoms with van der Waals surface area (Å²) in [7, 11) is 0. The summed E-state index contributed by atoms with van der Waals surface area (Å²) in [5.74, 6) is -4.27. The minimum Gasteiger partial charge on any atom is -0.443 e. The van der Waals surface area contributed by atoms with E-state index in [4.69, 9.17) is 10.5 Å². The highest BCUT2D eigenvalue weighted by molar-refractivity contribution is 7.07. The van der Waals surface area contributed by atoms with Crippen LogP contribution in [0.3, 0.4) is 0 Å². The Morgan fingerprint density at radius 1 is 1.24 bits per heavy atom. The van der Waals surface area contributed by atoms with Crippen molar-refractivity contribution in [3.63, 3.8) is 0 Å². The summed E-state index contributed by atoms with van der Waals surface area (Å²) < 4.78 is 35.6. The molecule has 11 heteroatoms. The summed E-state index contributed by atoms with van der Waals surface area (Å²) in [6.45, 7) is 8.98. The quantitative estimate of drug-likeness (QED) is 0.539. The molecule has 2 atom stereocenters. The molecule has 0 saturated heterocycles. The van der Waals surface area contributed by atoms with E-state index >= 15 is 0 Å². The predicted molar refractivity (Wildman–Crippen MR) is 125 cm³/mol. The molecular formula is C23H30F2N4O4S. The number of thiazole rings is 1. The lowest BCUT2D eigenvalue weighted by Gasteiger charge is -2.17. The molecule has 3 N–H and O–H groups in total. The van der Waals surface area contributed by atoms with Crippen LogP contribution in [0.2, 0.25) is 0 Å². The van der Waals surface area contributed by atoms with Gasteiger partial charge in [0.25, 0.3) is 5.91 Å². The van der Waals surface area contributed by atoms with Crippen LogP contribution in [0.1, 0.15) is 57.8 Å². The number of halogens is 2. The van der Waals surface area contributed by atoms with Gasteiger partial charge in [-0.2, -0.15) is 4.99 Å². The smallest absolute Gasteiger partial charge is 0.324 e. The van der Waals surface area contributed by atoms with Gasteiger partial charge in [0.1, 0.15) is 11.7 Å². The molecule has 0 unspecified atom stereocenters. The van der Waals surface area contributed by atoms with Crippen molar-refractivity contribution in [2.45, 2.75) is 60.2 Å². The maximum Gasteiger partial charge on any atom is 0.324 e. The number of esters is 1. The largest absolute Gasteiger partial charge is 0.443 e. The average Bonchev–Trinajstić information content (AvgIpc) is 3.18. The lowest BCUT2D eigenvalue weighted by atomic mass is 9.92. The van der Waals surface area contributed by atoms with E-state index in [0.717, 1.165) is 23.5 Å². The lowest BCUT2D eigenvalue weighted by Crippen LogP contribution is -2.38. The van der Waals surface area contributed by atoms with Crippen molar-refractivity contribution in [3.05, 3.63) is 45.7 Å². The first-order chi connectivity index (χ1) is 15.8. The molecule has 1 aromatic heterocycles. The van der Waals surface area contributed by atoms with Crippen molar-refractivity contribution >= 4 is 34.8 Å². The monoisotopic (exact) mass is 496 g/mol. The van der Waals surface area contributed by atoms with Crippen molar-refractivity contribution in [2.75, 3.05) is 5.32 Å². The zero-order chi connectivity index (χ0) is 25.6. The number of hydrogen-bond donors (Lipinski definition) is 2. The molecule has 2 rings (SSSR count). The molecule has 0 spiro atoms. The Morgan fingerprint density at radius 3 is 2.41 bits per heavy atom. The van der Waals surface area contributed by atoms with E-state index in [1.165, 1.54) is 4.57 Å². The summed E-state index contributed by atoms with van der Waals surface area (Å²) in [5, 5.41) is 3.83. The molecule has 8 nitrogen and oxygen atoms in total. The van der Waals surface area contributed by atoms with E-state index in [0.29, 0.717) is 6.42 Å². The fourth-order valence-electron chi connectivity index (χ4n) is 2.83. The molecule has 0 fully saturated rings. The molecule has 186 valence electrons. The first kappa shape index (κ1) is 27.3. The fourth-order valence-corrected chi connectivity index (χ4v) is 3.55. The number of carbonyl (C=O) groups excluding carboxylic acids is 3. The van der Waals surface area contributed by atoms with E-state index in [1.54, 1.807) is 11.6 Å². The Morgan fingerprint density at radius 2 is 1.85 bits per heavy atom. The van der Waals surface area contributed by atoms with Gasteiger partial charge in [0.2, 0.25) is 5.91 Å². The third-order valence-electron chi connectivity index (χ3n) is 4.98. The van der Waals surface area contributed by atoms with Crippen LogP contribution in [0.4, 0.5) is 14.5 Å². The molecule has 0 saturated carbocycles. The standard InChI is InChI=1S/C23H30F2N4O4S/c1-6-13(2)18(26)21(32)33-12-29-7-8-34-22(29)28-20(31)14-9-15(24)19(16(25)10-14)27-17(30)11-23(3,4)5/h7-10,13,18H,6,11-12,26H2,1-5H3,(H,27,30)/b28-22-/t13-,18-/m0/s1. The Kier molecular flexibility index (Phi) is 9.22. The fraction of sp³-hybridized carbons (Fsp3) is 0.478. The molecule has 0 aliphatic heterocycles. The molecule has 0 aliphatic rings. The minimum atomic E-state index is -1.09. The number of rotatable bonds is 8. The van der Waals surface area contributed by atoms with Crippen molar-refractivity contribution in [2.24, 2.45) is 22.1 Å². The highest BCUT2D eigenvalue weighted by Crippen LogP contribution is 2.24. The van der Waals surface area contributed by atoms with Crippen molar-refractivity contribution < 1.29 is 27.9 Å². The first-order valence-corrected chi connectivity index (χ1v) is 11.6. The van der Waals surface area contributed by atoms with Crippen molar-refractivity contribution in [1.29, 1.82) is 0 Å². The number of nitrogens with two attached hydrogens (primary N) is 1. The van der Waals surface area contributed by atoms with Gasteiger partial charge >= 0.3 is 5.97 Å². The molecule has 1 heterocycles. The van der Waals surface area contributed by atoms with Crippen LogP contribution in [0.25, 0.3) is 0 Å². The van der Waals surface area contributed by atoms with Crippen LogP contribution in [0, 0.1) is 23.0 Å². The topological polar surface area (TPSA) is 116 Å². The van der Waals surface area contributed by atoms with E-state index in [-0.39, 0.29) is 34.8 Å². The highest BCUT2D eigenvalue weighted by Gasteiger charge is 2.22. The van der Waals surface area contributed by atoms with Crippen LogP contribution < -0.4 is 15.9 Å². The second kappa shape index (κ2) is 11.5. The second-order valence-corrected chi connectivity index (χ2v) is 10.0. The Labute approximate surface area is 200 Å². The Balaban J connectivity index is 2.17. The normalized spacial score (nSPS) is 13.9. The molecule has 2 amide bonds. The van der Waals surface area contributed by atoms with Gasteiger partial charge in [-0.05, 0) is 23.5 Å². The number of hydrogen-bond acceptors (Lipinski definition) is 6. The molecule has 1 aromatic carbocycles. The highest BCUT2D eigenvalue weighted by atomic mass is 32.1. The van der Waals surface area contributed by atoms with Gasteiger partial charge in [-0.3, -0.25) is 19.0 Å². The van der Waals surface area contributed by atoms with Gasteiger partial charge in [-0.25, -0.2) is 8.78 Å². The van der Waals surface area contributed by atoms with Crippen LogP contribution in [-0.2, 0) is 21.1 Å². The zero-order valence-corrected chi connectivity index (χ0v) is 20.7. The van der Waals surface area contributed by atoms with Crippen LogP contribution in [-0.4, -0.2) is 28.4 Å². The summed E-state index contributed by atoms with van der Waals surface area (Å²) in [6, 6.07) is 0.842. The predicted octanol–water partition coefficient (Wildman–Crippen LogP) is 3.82. The number of amides is 2. The van der Waals surface area contributed by atoms with Gasteiger partial charge in [-0.15, -0.1) is 11.3 Å². The SMILES string of the molecule is CC[C@H](C)[C@H](N)C(=O)OCn1ccs/c1=N\C(=O)c1cc(F)c(NC(=O)CC(C)(C)C)c(F)c1. The van der Waals surface area contributed by atoms with E-state index in [9.17, 15) is 23.2 Å². The summed E-state index contributed by atoms with van der Waals surface area (Å²) in [4.78, 5) is 40.7. The first-order valence-electron chi connectivity index (χ1n) is 10.8. The minimum absolute atomic E-state index is 0.0586. The maximum absolute atomic E-state index is 14.5. The zero-order valence-electron chi connectivity index (χ0n) is 19.9. The number of nitrogens with zero attached hydrogens (tertiary/aromatic N) is 2. The number of carbonyl (C=O) groups is 3. The molecule has 0 radical (unpaired) electrons. The maximum atomic E-state index is 14.5. The lowest BCUT2D eigenvalue weighted by molar-refractivity contribution is -0.150. The Bertz CT molecular complexity index is 1100. The third kappa shape index (κ3) is 7.56. The van der Waals surface area contributed by atoms with Gasteiger partial charge in [0, 0.05) is 23.6 Å². The molecule has 2 aromatic rings. The summed E-state index contributed by atoms with van der Waals surface area (Å²) in [5.41, 5.74) is 4.53. The van der Waals surface area contributed by atoms with Gasteiger partial charge in [0.15, 0.2) is 23.2 Å².